The maximum absolute atomic E-state index is 10.5. The van der Waals surface area contributed by atoms with Gasteiger partial charge >= 0.3 is 5.97 Å². The molecule has 13 heavy (non-hydrogen) atoms. The third-order valence-corrected chi connectivity index (χ3v) is 3.45. The molecule has 72 valence electrons. The van der Waals surface area contributed by atoms with Gasteiger partial charge in [-0.1, -0.05) is 19.6 Å². The molecule has 1 rings (SSSR count). The molecule has 1 heterocycles. The molecule has 0 radical (unpaired) electrons. The van der Waals surface area contributed by atoms with Crippen LogP contribution in [0.15, 0.2) is 12.4 Å². The number of nitrogens with zero attached hydrogens (tertiary/aromatic N) is 2. The minimum atomic E-state index is -1.50. The Kier molecular flexibility index (Phi) is 2.56. The number of imidazole rings is 1. The molecule has 0 aromatic carbocycles. The van der Waals surface area contributed by atoms with Crippen LogP contribution in [0.4, 0.5) is 0 Å². The van der Waals surface area contributed by atoms with Crippen LogP contribution in [0.1, 0.15) is 0 Å². The maximum Gasteiger partial charge on any atom is 0.323 e. The minimum absolute atomic E-state index is 0.0135. The topological polar surface area (TPSA) is 55.1 Å². The fraction of sp³-hybridized carbons (Fsp3) is 0.500. The van der Waals surface area contributed by atoms with Crippen LogP contribution in [-0.2, 0) is 11.3 Å². The Bertz CT molecular complexity index is 314. The fourth-order valence-electron chi connectivity index (χ4n) is 1.23. The third kappa shape index (κ3) is 2.42. The zero-order valence-corrected chi connectivity index (χ0v) is 9.11. The summed E-state index contributed by atoms with van der Waals surface area (Å²) in [7, 11) is -1.50. The van der Waals surface area contributed by atoms with Crippen LogP contribution in [0.5, 0.6) is 0 Å². The molecule has 0 aliphatic heterocycles. The minimum Gasteiger partial charge on any atom is -0.480 e. The molecule has 0 saturated heterocycles. The lowest BCUT2D eigenvalue weighted by Crippen LogP contribution is -2.45. The molecule has 0 amide bonds. The summed E-state index contributed by atoms with van der Waals surface area (Å²) in [6, 6.07) is 0. The van der Waals surface area contributed by atoms with Gasteiger partial charge in [-0.3, -0.25) is 4.79 Å². The maximum atomic E-state index is 10.5. The number of carboxylic acids is 1. The van der Waals surface area contributed by atoms with E-state index in [1.807, 2.05) is 0 Å². The van der Waals surface area contributed by atoms with Gasteiger partial charge in [0.15, 0.2) is 0 Å². The van der Waals surface area contributed by atoms with Gasteiger partial charge in [0.25, 0.3) is 0 Å². The van der Waals surface area contributed by atoms with Gasteiger partial charge in [-0.25, -0.2) is 4.98 Å². The predicted molar refractivity (Wildman–Crippen MR) is 52.8 cm³/mol. The lowest BCUT2D eigenvalue weighted by Gasteiger charge is -2.16. The number of aromatic nitrogens is 2. The summed E-state index contributed by atoms with van der Waals surface area (Å²) < 4.78 is 1.72. The van der Waals surface area contributed by atoms with E-state index in [2.05, 4.69) is 24.6 Å². The summed E-state index contributed by atoms with van der Waals surface area (Å²) >= 11 is 0. The van der Waals surface area contributed by atoms with Gasteiger partial charge in [0.05, 0.1) is 5.45 Å². The van der Waals surface area contributed by atoms with E-state index >= 15 is 0 Å². The van der Waals surface area contributed by atoms with Crippen molar-refractivity contribution in [1.29, 1.82) is 0 Å². The zero-order chi connectivity index (χ0) is 10.1. The molecule has 0 aliphatic rings. The van der Waals surface area contributed by atoms with E-state index in [9.17, 15) is 4.79 Å². The highest BCUT2D eigenvalue weighted by atomic mass is 28.3. The Labute approximate surface area is 78.2 Å². The van der Waals surface area contributed by atoms with Crippen LogP contribution in [0.25, 0.3) is 0 Å². The number of rotatable bonds is 3. The fourth-order valence-corrected chi connectivity index (χ4v) is 2.70. The molecule has 0 aliphatic carbocycles. The Morgan fingerprint density at radius 3 is 2.69 bits per heavy atom. The van der Waals surface area contributed by atoms with E-state index < -0.39 is 14.0 Å². The number of aliphatic carboxylic acids is 1. The SMILES string of the molecule is C[Si](C)(C)c1nccn1CC(=O)O. The first-order chi connectivity index (χ1) is 5.91. The quantitative estimate of drug-likeness (QED) is 0.720. The van der Waals surface area contributed by atoms with Crippen LogP contribution in [0.2, 0.25) is 19.6 Å². The Morgan fingerprint density at radius 1 is 1.62 bits per heavy atom. The highest BCUT2D eigenvalue weighted by Crippen LogP contribution is 2.00. The van der Waals surface area contributed by atoms with E-state index in [0.717, 1.165) is 5.45 Å². The summed E-state index contributed by atoms with van der Waals surface area (Å²) in [5, 5.41) is 8.64. The van der Waals surface area contributed by atoms with E-state index in [1.165, 1.54) is 0 Å². The van der Waals surface area contributed by atoms with Crippen molar-refractivity contribution in [3.05, 3.63) is 12.4 Å². The molecular formula is C8H14N2O2Si. The van der Waals surface area contributed by atoms with Crippen molar-refractivity contribution in [3.63, 3.8) is 0 Å². The molecule has 0 unspecified atom stereocenters. The zero-order valence-electron chi connectivity index (χ0n) is 8.11. The average molecular weight is 198 g/mol. The Morgan fingerprint density at radius 2 is 2.23 bits per heavy atom. The van der Waals surface area contributed by atoms with Gasteiger partial charge in [0, 0.05) is 12.4 Å². The van der Waals surface area contributed by atoms with Gasteiger partial charge in [0.1, 0.15) is 14.6 Å². The molecule has 1 N–H and O–H groups in total. The Hall–Kier alpha value is -1.10. The summed E-state index contributed by atoms with van der Waals surface area (Å²) in [5.41, 5.74) is 0.940. The van der Waals surface area contributed by atoms with Crippen LogP contribution >= 0.6 is 0 Å². The number of hydrogen-bond acceptors (Lipinski definition) is 2. The van der Waals surface area contributed by atoms with Crippen LogP contribution in [0.3, 0.4) is 0 Å². The first-order valence-corrected chi connectivity index (χ1v) is 7.64. The van der Waals surface area contributed by atoms with Gasteiger partial charge in [0.2, 0.25) is 0 Å². The van der Waals surface area contributed by atoms with E-state index in [0.29, 0.717) is 0 Å². The highest BCUT2D eigenvalue weighted by molar-refractivity contribution is 6.87. The van der Waals surface area contributed by atoms with Crippen molar-refractivity contribution in [2.45, 2.75) is 26.2 Å². The van der Waals surface area contributed by atoms with E-state index in [4.69, 9.17) is 5.11 Å². The van der Waals surface area contributed by atoms with Crippen molar-refractivity contribution >= 4 is 19.5 Å². The molecule has 0 saturated carbocycles. The molecular weight excluding hydrogens is 184 g/mol. The van der Waals surface area contributed by atoms with Crippen molar-refractivity contribution in [3.8, 4) is 0 Å². The average Bonchev–Trinajstić information content (AvgIpc) is 2.31. The molecule has 1 aromatic rings. The van der Waals surface area contributed by atoms with E-state index in [1.54, 1.807) is 17.0 Å². The normalized spacial score (nSPS) is 11.6. The van der Waals surface area contributed by atoms with Crippen molar-refractivity contribution < 1.29 is 9.90 Å². The standard InChI is InChI=1S/C8H14N2O2Si/c1-13(2,3)8-9-4-5-10(8)6-7(11)12/h4-5H,6H2,1-3H3,(H,11,12). The lowest BCUT2D eigenvalue weighted by atomic mass is 10.6. The summed E-state index contributed by atoms with van der Waals surface area (Å²) in [6.07, 6.45) is 3.39. The summed E-state index contributed by atoms with van der Waals surface area (Å²) in [5.74, 6) is -0.822. The highest BCUT2D eigenvalue weighted by Gasteiger charge is 2.22. The number of carbonyl (C=O) groups is 1. The second-order valence-electron chi connectivity index (χ2n) is 4.02. The molecule has 1 aromatic heterocycles. The second kappa shape index (κ2) is 3.33. The largest absolute Gasteiger partial charge is 0.480 e. The first-order valence-electron chi connectivity index (χ1n) is 4.14. The van der Waals surface area contributed by atoms with Gasteiger partial charge < -0.3 is 9.67 Å². The third-order valence-electron chi connectivity index (χ3n) is 1.69. The molecule has 0 bridgehead atoms. The Balaban J connectivity index is 2.96. The monoisotopic (exact) mass is 198 g/mol. The molecule has 4 nitrogen and oxygen atoms in total. The summed E-state index contributed by atoms with van der Waals surface area (Å²) in [4.78, 5) is 14.7. The molecule has 0 atom stereocenters. The molecule has 0 spiro atoms. The van der Waals surface area contributed by atoms with Gasteiger partial charge in [-0.2, -0.15) is 0 Å². The lowest BCUT2D eigenvalue weighted by molar-refractivity contribution is -0.137. The first kappa shape index (κ1) is 9.98. The van der Waals surface area contributed by atoms with Crippen LogP contribution in [-0.4, -0.2) is 28.7 Å². The van der Waals surface area contributed by atoms with Crippen molar-refractivity contribution in [1.82, 2.24) is 9.55 Å². The molecule has 0 fully saturated rings. The molecule has 5 heteroatoms. The van der Waals surface area contributed by atoms with Crippen LogP contribution < -0.4 is 5.45 Å². The smallest absolute Gasteiger partial charge is 0.323 e. The van der Waals surface area contributed by atoms with Crippen molar-refractivity contribution in [2.75, 3.05) is 0 Å². The van der Waals surface area contributed by atoms with Gasteiger partial charge in [-0.05, 0) is 0 Å². The summed E-state index contributed by atoms with van der Waals surface area (Å²) in [6.45, 7) is 6.45. The number of hydrogen-bond donors (Lipinski definition) is 1. The van der Waals surface area contributed by atoms with Crippen molar-refractivity contribution in [2.24, 2.45) is 0 Å². The van der Waals surface area contributed by atoms with Gasteiger partial charge in [-0.15, -0.1) is 0 Å². The van der Waals surface area contributed by atoms with E-state index in [-0.39, 0.29) is 6.54 Å². The number of carboxylic acid groups (broad SMARTS) is 1. The van der Waals surface area contributed by atoms with Crippen LogP contribution in [0, 0.1) is 0 Å². The predicted octanol–water partition coefficient (Wildman–Crippen LogP) is 0.513. The second-order valence-corrected chi connectivity index (χ2v) is 8.97.